The Kier molecular flexibility index (Phi) is 5.96. The lowest BCUT2D eigenvalue weighted by Gasteiger charge is -2.14. The highest BCUT2D eigenvalue weighted by Crippen LogP contribution is 2.48. The molecule has 5 heteroatoms. The Bertz CT molecular complexity index is 4070. The van der Waals surface area contributed by atoms with E-state index in [0.717, 1.165) is 49.9 Å². The van der Waals surface area contributed by atoms with E-state index in [1.165, 1.54) is 70.4 Å². The van der Waals surface area contributed by atoms with Gasteiger partial charge in [-0.15, -0.1) is 0 Å². The molecule has 0 aliphatic rings. The van der Waals surface area contributed by atoms with Crippen LogP contribution in [0, 0.1) is 0 Å². The predicted molar refractivity (Wildman–Crippen MR) is 246 cm³/mol. The second kappa shape index (κ2) is 11.3. The molecule has 14 aromatic rings. The summed E-state index contributed by atoms with van der Waals surface area (Å²) in [5, 5.41) is 13.1. The van der Waals surface area contributed by atoms with Gasteiger partial charge in [0.2, 0.25) is 5.95 Å². The Labute approximate surface area is 336 Å². The zero-order chi connectivity index (χ0) is 38.3. The van der Waals surface area contributed by atoms with Gasteiger partial charge in [-0.05, 0) is 53.9 Å². The molecule has 272 valence electrons. The summed E-state index contributed by atoms with van der Waals surface area (Å²) in [5.41, 5.74) is 12.2. The molecule has 0 atom stereocenters. The third-order valence-electron chi connectivity index (χ3n) is 12.7. The molecule has 0 saturated heterocycles. The summed E-state index contributed by atoms with van der Waals surface area (Å²) in [7, 11) is 0. The maximum atomic E-state index is 5.77. The molecule has 0 N–H and O–H groups in total. The lowest BCUT2D eigenvalue weighted by atomic mass is 10.0. The van der Waals surface area contributed by atoms with Crippen LogP contribution in [0.3, 0.4) is 0 Å². The van der Waals surface area contributed by atoms with Gasteiger partial charge in [0.15, 0.2) is 0 Å². The smallest absolute Gasteiger partial charge is 0.235 e. The molecule has 9 aromatic carbocycles. The van der Waals surface area contributed by atoms with E-state index in [4.69, 9.17) is 9.97 Å². The molecule has 0 fully saturated rings. The summed E-state index contributed by atoms with van der Waals surface area (Å²) < 4.78 is 7.22. The van der Waals surface area contributed by atoms with Crippen molar-refractivity contribution in [3.63, 3.8) is 0 Å². The van der Waals surface area contributed by atoms with Gasteiger partial charge < -0.3 is 8.97 Å². The van der Waals surface area contributed by atoms with Gasteiger partial charge in [0.25, 0.3) is 0 Å². The van der Waals surface area contributed by atoms with Crippen LogP contribution in [-0.2, 0) is 0 Å². The first-order chi connectivity index (χ1) is 29.3. The predicted octanol–water partition coefficient (Wildman–Crippen LogP) is 13.8. The molecule has 5 heterocycles. The first-order valence-electron chi connectivity index (χ1n) is 20.2. The van der Waals surface area contributed by atoms with Gasteiger partial charge in [-0.2, -0.15) is 0 Å². The fourth-order valence-corrected chi connectivity index (χ4v) is 10.4. The minimum atomic E-state index is 0.654. The maximum absolute atomic E-state index is 5.77. The van der Waals surface area contributed by atoms with Gasteiger partial charge >= 0.3 is 0 Å². The van der Waals surface area contributed by atoms with Crippen LogP contribution >= 0.6 is 0 Å². The van der Waals surface area contributed by atoms with E-state index in [1.807, 2.05) is 0 Å². The molecule has 0 spiro atoms. The Hall–Kier alpha value is -8.02. The van der Waals surface area contributed by atoms with E-state index in [2.05, 4.69) is 202 Å². The highest BCUT2D eigenvalue weighted by Gasteiger charge is 2.27. The SMILES string of the molecule is c1ccc(-n2c3ccccc3c3c(-c4nc(-n5c6c7ccccc7ccc6c6cc7c8ccccc8n8c9ccccc9c(c65)c78)nc5ccccc45)cccc32)cc1. The molecule has 59 heavy (non-hydrogen) atoms. The number of hydrogen-bond acceptors (Lipinski definition) is 2. The van der Waals surface area contributed by atoms with Crippen LogP contribution in [0.4, 0.5) is 0 Å². The first-order valence-corrected chi connectivity index (χ1v) is 20.2. The second-order valence-corrected chi connectivity index (χ2v) is 15.7. The molecule has 0 saturated carbocycles. The molecule has 0 aliphatic carbocycles. The first kappa shape index (κ1) is 31.1. The van der Waals surface area contributed by atoms with E-state index >= 15 is 0 Å². The Morgan fingerprint density at radius 2 is 0.966 bits per heavy atom. The summed E-state index contributed by atoms with van der Waals surface area (Å²) in [5.74, 6) is 0.654. The summed E-state index contributed by atoms with van der Waals surface area (Å²) in [6.07, 6.45) is 0. The number of aromatic nitrogens is 5. The van der Waals surface area contributed by atoms with Crippen LogP contribution in [0.25, 0.3) is 126 Å². The van der Waals surface area contributed by atoms with Gasteiger partial charge in [0.1, 0.15) is 0 Å². The van der Waals surface area contributed by atoms with E-state index in [1.54, 1.807) is 0 Å². The monoisotopic (exact) mass is 749 g/mol. The van der Waals surface area contributed by atoms with Crippen molar-refractivity contribution in [1.82, 2.24) is 23.5 Å². The molecule has 0 unspecified atom stereocenters. The third kappa shape index (κ3) is 3.98. The number of para-hydroxylation sites is 5. The fraction of sp³-hybridized carbons (Fsp3) is 0. The molecule has 0 bridgehead atoms. The quantitative estimate of drug-likeness (QED) is 0.180. The van der Waals surface area contributed by atoms with Crippen molar-refractivity contribution < 1.29 is 0 Å². The van der Waals surface area contributed by atoms with Gasteiger partial charge in [-0.3, -0.25) is 4.57 Å². The molecule has 0 radical (unpaired) electrons. The van der Waals surface area contributed by atoms with Crippen LogP contribution in [-0.4, -0.2) is 23.5 Å². The van der Waals surface area contributed by atoms with Gasteiger partial charge in [0, 0.05) is 65.1 Å². The number of rotatable bonds is 3. The average molecular weight is 750 g/mol. The van der Waals surface area contributed by atoms with E-state index in [0.29, 0.717) is 5.95 Å². The standard InChI is InChI=1S/C54H31N5/c1-2-16-33(17-3-1)57-45-26-12-8-21-38(45)48-40(23-14-28-47(48)57)50-37-20-6-10-24-43(37)55-54(56-50)59-51-34-18-5-4-15-32(34)29-30-36(51)42-31-41-35-19-7-11-25-44(35)58-46-27-13-9-22-39(46)49(52(41)58)53(42)59/h1-31H. The molecule has 5 aromatic heterocycles. The summed E-state index contributed by atoms with van der Waals surface area (Å²) in [6, 6.07) is 67.9. The van der Waals surface area contributed by atoms with Crippen molar-refractivity contribution in [3.8, 4) is 22.9 Å². The number of nitrogens with zero attached hydrogens (tertiary/aromatic N) is 5. The van der Waals surface area contributed by atoms with Crippen LogP contribution in [0.15, 0.2) is 188 Å². The van der Waals surface area contributed by atoms with E-state index in [9.17, 15) is 0 Å². The van der Waals surface area contributed by atoms with Gasteiger partial charge in [0.05, 0.1) is 49.8 Å². The Morgan fingerprint density at radius 3 is 1.80 bits per heavy atom. The van der Waals surface area contributed by atoms with Crippen molar-refractivity contribution in [2.24, 2.45) is 0 Å². The number of fused-ring (bicyclic) bond motifs is 16. The minimum Gasteiger partial charge on any atom is -0.309 e. The van der Waals surface area contributed by atoms with Gasteiger partial charge in [-0.1, -0.05) is 140 Å². The largest absolute Gasteiger partial charge is 0.309 e. The zero-order valence-electron chi connectivity index (χ0n) is 31.6. The lowest BCUT2D eigenvalue weighted by Crippen LogP contribution is -2.04. The topological polar surface area (TPSA) is 40.0 Å². The fourth-order valence-electron chi connectivity index (χ4n) is 10.4. The maximum Gasteiger partial charge on any atom is 0.235 e. The van der Waals surface area contributed by atoms with Crippen LogP contribution < -0.4 is 0 Å². The van der Waals surface area contributed by atoms with Crippen molar-refractivity contribution in [2.45, 2.75) is 0 Å². The lowest BCUT2D eigenvalue weighted by molar-refractivity contribution is 1.02. The Morgan fingerprint density at radius 1 is 0.339 bits per heavy atom. The number of hydrogen-bond donors (Lipinski definition) is 0. The molecular formula is C54H31N5. The molecule has 0 aliphatic heterocycles. The number of benzene rings is 9. The third-order valence-corrected chi connectivity index (χ3v) is 12.7. The summed E-state index contributed by atoms with van der Waals surface area (Å²) in [4.78, 5) is 11.3. The molecule has 5 nitrogen and oxygen atoms in total. The summed E-state index contributed by atoms with van der Waals surface area (Å²) >= 11 is 0. The molecule has 0 amide bonds. The Balaban J connectivity index is 1.19. The van der Waals surface area contributed by atoms with Crippen LogP contribution in [0.1, 0.15) is 0 Å². The van der Waals surface area contributed by atoms with E-state index < -0.39 is 0 Å². The average Bonchev–Trinajstić information content (AvgIpc) is 4.03. The highest BCUT2D eigenvalue weighted by molar-refractivity contribution is 6.35. The van der Waals surface area contributed by atoms with E-state index in [-0.39, 0.29) is 0 Å². The normalized spacial score (nSPS) is 12.4. The zero-order valence-corrected chi connectivity index (χ0v) is 31.6. The van der Waals surface area contributed by atoms with Gasteiger partial charge in [-0.25, -0.2) is 9.97 Å². The molecule has 14 rings (SSSR count). The van der Waals surface area contributed by atoms with Crippen molar-refractivity contribution in [1.29, 1.82) is 0 Å². The molecular weight excluding hydrogens is 719 g/mol. The van der Waals surface area contributed by atoms with Crippen molar-refractivity contribution in [2.75, 3.05) is 0 Å². The highest BCUT2D eigenvalue weighted by atomic mass is 15.2. The van der Waals surface area contributed by atoms with Crippen molar-refractivity contribution >= 4 is 103 Å². The second-order valence-electron chi connectivity index (χ2n) is 15.7. The van der Waals surface area contributed by atoms with Crippen molar-refractivity contribution in [3.05, 3.63) is 188 Å². The van der Waals surface area contributed by atoms with Crippen LogP contribution in [0.5, 0.6) is 0 Å². The van der Waals surface area contributed by atoms with Crippen LogP contribution in [0.2, 0.25) is 0 Å². The summed E-state index contributed by atoms with van der Waals surface area (Å²) in [6.45, 7) is 0. The minimum absolute atomic E-state index is 0.654.